The third-order valence-electron chi connectivity index (χ3n) is 4.66. The average molecular weight is 357 g/mol. The van der Waals surface area contributed by atoms with Crippen molar-refractivity contribution >= 4 is 17.5 Å². The molecule has 1 aromatic heterocycles. The van der Waals surface area contributed by atoms with Crippen LogP contribution in [0.4, 0.5) is 17.5 Å². The first-order chi connectivity index (χ1) is 12.5. The van der Waals surface area contributed by atoms with E-state index in [4.69, 9.17) is 15.2 Å². The second kappa shape index (κ2) is 7.78. The van der Waals surface area contributed by atoms with Crippen LogP contribution in [-0.2, 0) is 0 Å². The Morgan fingerprint density at radius 3 is 2.73 bits per heavy atom. The Bertz CT molecular complexity index is 747. The molecule has 0 saturated carbocycles. The molecule has 140 valence electrons. The van der Waals surface area contributed by atoms with Crippen LogP contribution in [0.2, 0.25) is 0 Å². The number of nitrogen functional groups attached to an aromatic ring is 1. The Morgan fingerprint density at radius 1 is 1.27 bits per heavy atom. The molecule has 1 aliphatic rings. The van der Waals surface area contributed by atoms with Gasteiger partial charge < -0.3 is 25.0 Å². The van der Waals surface area contributed by atoms with E-state index in [0.29, 0.717) is 24.3 Å². The molecule has 1 atom stereocenters. The van der Waals surface area contributed by atoms with E-state index < -0.39 is 0 Å². The predicted octanol–water partition coefficient (Wildman–Crippen LogP) is 2.47. The minimum atomic E-state index is 0.453. The van der Waals surface area contributed by atoms with E-state index in [2.05, 4.69) is 21.9 Å². The maximum absolute atomic E-state index is 6.09. The summed E-state index contributed by atoms with van der Waals surface area (Å²) in [6.07, 6.45) is 1.16. The van der Waals surface area contributed by atoms with E-state index in [9.17, 15) is 0 Å². The summed E-state index contributed by atoms with van der Waals surface area (Å²) in [7, 11) is 5.70. The summed E-state index contributed by atoms with van der Waals surface area (Å²) in [5.41, 5.74) is 7.59. The van der Waals surface area contributed by atoms with Crippen molar-refractivity contribution in [3.63, 3.8) is 0 Å². The minimum Gasteiger partial charge on any atom is -0.493 e. The maximum Gasteiger partial charge on any atom is 0.231 e. The molecule has 7 heteroatoms. The lowest BCUT2D eigenvalue weighted by Crippen LogP contribution is -2.18. The Morgan fingerprint density at radius 2 is 2.08 bits per heavy atom. The van der Waals surface area contributed by atoms with Crippen LogP contribution in [0.25, 0.3) is 0 Å². The molecular weight excluding hydrogens is 330 g/mol. The Labute approximate surface area is 154 Å². The van der Waals surface area contributed by atoms with Crippen LogP contribution in [0, 0.1) is 12.8 Å². The van der Waals surface area contributed by atoms with Crippen molar-refractivity contribution in [2.75, 3.05) is 51.5 Å². The number of rotatable bonds is 6. The Kier molecular flexibility index (Phi) is 5.46. The topological polar surface area (TPSA) is 76.7 Å². The van der Waals surface area contributed by atoms with E-state index in [1.54, 1.807) is 13.2 Å². The van der Waals surface area contributed by atoms with Crippen LogP contribution in [0.3, 0.4) is 0 Å². The van der Waals surface area contributed by atoms with Gasteiger partial charge in [-0.3, -0.25) is 0 Å². The molecule has 0 spiro atoms. The Balaban J connectivity index is 1.79. The molecule has 1 aliphatic heterocycles. The fourth-order valence-electron chi connectivity index (χ4n) is 3.20. The first-order valence-electron chi connectivity index (χ1n) is 8.80. The molecule has 1 aromatic carbocycles. The van der Waals surface area contributed by atoms with Gasteiger partial charge in [0.05, 0.1) is 13.7 Å². The van der Waals surface area contributed by atoms with Crippen LogP contribution in [0.1, 0.15) is 12.1 Å². The van der Waals surface area contributed by atoms with E-state index >= 15 is 0 Å². The second-order valence-electron chi connectivity index (χ2n) is 6.86. The zero-order valence-electron chi connectivity index (χ0n) is 15.9. The second-order valence-corrected chi connectivity index (χ2v) is 6.86. The lowest BCUT2D eigenvalue weighted by Gasteiger charge is -2.20. The van der Waals surface area contributed by atoms with Crippen molar-refractivity contribution in [3.8, 4) is 11.5 Å². The van der Waals surface area contributed by atoms with Gasteiger partial charge in [0, 0.05) is 43.0 Å². The summed E-state index contributed by atoms with van der Waals surface area (Å²) in [5.74, 6) is 3.00. The number of methoxy groups -OCH3 is 1. The number of aryl methyl sites for hydroxylation is 1. The number of nitrogens with zero attached hydrogens (tertiary/aromatic N) is 4. The highest BCUT2D eigenvalue weighted by Crippen LogP contribution is 2.34. The molecule has 0 aliphatic carbocycles. The fraction of sp³-hybridized carbons (Fsp3) is 0.474. The quantitative estimate of drug-likeness (QED) is 0.851. The van der Waals surface area contributed by atoms with Crippen molar-refractivity contribution < 1.29 is 9.47 Å². The number of aromatic nitrogens is 2. The molecule has 3 rings (SSSR count). The maximum atomic E-state index is 6.09. The van der Waals surface area contributed by atoms with E-state index in [-0.39, 0.29) is 0 Å². The number of likely N-dealkylation sites (tertiary alicyclic amines) is 1. The van der Waals surface area contributed by atoms with Gasteiger partial charge in [-0.15, -0.1) is 0 Å². The molecule has 26 heavy (non-hydrogen) atoms. The molecule has 1 unspecified atom stereocenters. The standard InChI is InChI=1S/C19H27N5O2/c1-13-9-18(20)22-19(21-13)24(3)15-5-6-16(25-4)17(10-15)26-12-14-7-8-23(2)11-14/h5-6,9-10,14H,7-8,11-12H2,1-4H3,(H2,20,21,22). The van der Waals surface area contributed by atoms with Gasteiger partial charge >= 0.3 is 0 Å². The molecule has 2 aromatic rings. The highest BCUT2D eigenvalue weighted by molar-refractivity contribution is 5.62. The SMILES string of the molecule is COc1ccc(N(C)c2nc(C)cc(N)n2)cc1OCC1CCN(C)C1. The zero-order valence-corrected chi connectivity index (χ0v) is 15.9. The molecule has 1 saturated heterocycles. The number of benzene rings is 1. The van der Waals surface area contributed by atoms with Crippen LogP contribution in [-0.4, -0.2) is 55.8 Å². The highest BCUT2D eigenvalue weighted by Gasteiger charge is 2.21. The van der Waals surface area contributed by atoms with Crippen molar-refractivity contribution in [2.45, 2.75) is 13.3 Å². The van der Waals surface area contributed by atoms with Crippen LogP contribution in [0.5, 0.6) is 11.5 Å². The molecular formula is C19H27N5O2. The van der Waals surface area contributed by atoms with Gasteiger partial charge in [-0.05, 0) is 39.1 Å². The lowest BCUT2D eigenvalue weighted by atomic mass is 10.1. The molecule has 2 heterocycles. The molecule has 7 nitrogen and oxygen atoms in total. The van der Waals surface area contributed by atoms with Gasteiger partial charge in [-0.1, -0.05) is 0 Å². The summed E-state index contributed by atoms with van der Waals surface area (Å²) in [6, 6.07) is 7.57. The third-order valence-corrected chi connectivity index (χ3v) is 4.66. The summed E-state index contributed by atoms with van der Waals surface area (Å²) < 4.78 is 11.5. The normalized spacial score (nSPS) is 17.3. The van der Waals surface area contributed by atoms with Crippen molar-refractivity contribution in [1.82, 2.24) is 14.9 Å². The first kappa shape index (κ1) is 18.3. The summed E-state index contributed by atoms with van der Waals surface area (Å²) in [6.45, 7) is 4.77. The average Bonchev–Trinajstić information content (AvgIpc) is 3.03. The van der Waals surface area contributed by atoms with Crippen molar-refractivity contribution in [1.29, 1.82) is 0 Å². The van der Waals surface area contributed by atoms with E-state index in [1.165, 1.54) is 0 Å². The summed E-state index contributed by atoms with van der Waals surface area (Å²) in [4.78, 5) is 13.0. The molecule has 0 radical (unpaired) electrons. The largest absolute Gasteiger partial charge is 0.493 e. The number of hydrogen-bond donors (Lipinski definition) is 1. The minimum absolute atomic E-state index is 0.453. The van der Waals surface area contributed by atoms with Crippen LogP contribution in [0.15, 0.2) is 24.3 Å². The van der Waals surface area contributed by atoms with Gasteiger partial charge in [-0.2, -0.15) is 4.98 Å². The number of anilines is 3. The number of nitrogens with two attached hydrogens (primary N) is 1. The zero-order chi connectivity index (χ0) is 18.7. The monoisotopic (exact) mass is 357 g/mol. The van der Waals surface area contributed by atoms with Gasteiger partial charge in [-0.25, -0.2) is 4.98 Å². The smallest absolute Gasteiger partial charge is 0.231 e. The highest BCUT2D eigenvalue weighted by atomic mass is 16.5. The van der Waals surface area contributed by atoms with Crippen molar-refractivity contribution in [3.05, 3.63) is 30.0 Å². The first-order valence-corrected chi connectivity index (χ1v) is 8.80. The van der Waals surface area contributed by atoms with Gasteiger partial charge in [0.15, 0.2) is 11.5 Å². The fourth-order valence-corrected chi connectivity index (χ4v) is 3.20. The summed E-state index contributed by atoms with van der Waals surface area (Å²) >= 11 is 0. The van der Waals surface area contributed by atoms with E-state index in [0.717, 1.165) is 42.4 Å². The molecule has 0 bridgehead atoms. The summed E-state index contributed by atoms with van der Waals surface area (Å²) in [5, 5.41) is 0. The predicted molar refractivity (Wildman–Crippen MR) is 103 cm³/mol. The van der Waals surface area contributed by atoms with Gasteiger partial charge in [0.1, 0.15) is 5.82 Å². The van der Waals surface area contributed by atoms with Crippen LogP contribution >= 0.6 is 0 Å². The number of ether oxygens (including phenoxy) is 2. The molecule has 0 amide bonds. The molecule has 2 N–H and O–H groups in total. The van der Waals surface area contributed by atoms with Gasteiger partial charge in [0.2, 0.25) is 5.95 Å². The molecule has 1 fully saturated rings. The lowest BCUT2D eigenvalue weighted by molar-refractivity contribution is 0.238. The van der Waals surface area contributed by atoms with Crippen molar-refractivity contribution in [2.24, 2.45) is 5.92 Å². The van der Waals surface area contributed by atoms with Gasteiger partial charge in [0.25, 0.3) is 0 Å². The number of hydrogen-bond acceptors (Lipinski definition) is 7. The Hall–Kier alpha value is -2.54. The van der Waals surface area contributed by atoms with E-state index in [1.807, 2.05) is 37.1 Å². The van der Waals surface area contributed by atoms with Crippen LogP contribution < -0.4 is 20.1 Å². The third kappa shape index (κ3) is 4.16.